The molecule has 4 amide bonds. The average Bonchev–Trinajstić information content (AvgIpc) is 3.07. The summed E-state index contributed by atoms with van der Waals surface area (Å²) in [6.45, 7) is 4.92. The first-order valence-corrected chi connectivity index (χ1v) is 9.32. The van der Waals surface area contributed by atoms with E-state index in [9.17, 15) is 14.4 Å². The van der Waals surface area contributed by atoms with E-state index in [-0.39, 0.29) is 42.2 Å². The van der Waals surface area contributed by atoms with E-state index in [1.807, 2.05) is 18.2 Å². The third-order valence-corrected chi connectivity index (χ3v) is 5.64. The molecule has 150 valence electrons. The van der Waals surface area contributed by atoms with Gasteiger partial charge in [-0.25, -0.2) is 9.31 Å². The fourth-order valence-electron chi connectivity index (χ4n) is 3.58. The predicted molar refractivity (Wildman–Crippen MR) is 104 cm³/mol. The van der Waals surface area contributed by atoms with Crippen LogP contribution in [0.2, 0.25) is 0 Å². The van der Waals surface area contributed by atoms with Crippen molar-refractivity contribution in [3.05, 3.63) is 36.2 Å². The van der Waals surface area contributed by atoms with E-state index < -0.39 is 6.03 Å². The molecule has 1 fully saturated rings. The first kappa shape index (κ1) is 19.7. The van der Waals surface area contributed by atoms with Gasteiger partial charge in [-0.05, 0) is 29.9 Å². The number of hydrogen-bond donors (Lipinski definition) is 4. The maximum atomic E-state index is 12.7. The van der Waals surface area contributed by atoms with E-state index in [2.05, 4.69) is 34.9 Å². The maximum Gasteiger partial charge on any atom is 0.312 e. The van der Waals surface area contributed by atoms with Crippen molar-refractivity contribution < 1.29 is 14.4 Å². The number of urea groups is 1. The maximum absolute atomic E-state index is 12.7. The molecule has 5 N–H and O–H groups in total. The Morgan fingerprint density at radius 2 is 2.07 bits per heavy atom. The van der Waals surface area contributed by atoms with Crippen LogP contribution in [0.25, 0.3) is 5.52 Å². The number of fused-ring (bicyclic) bond motifs is 1. The minimum atomic E-state index is -0.641. The van der Waals surface area contributed by atoms with Gasteiger partial charge in [-0.3, -0.25) is 9.59 Å². The average molecular weight is 386 g/mol. The third kappa shape index (κ3) is 4.08. The summed E-state index contributed by atoms with van der Waals surface area (Å²) in [6.07, 6.45) is 4.36. The van der Waals surface area contributed by atoms with Crippen molar-refractivity contribution in [3.63, 3.8) is 0 Å². The molecule has 28 heavy (non-hydrogen) atoms. The molecule has 2 unspecified atom stereocenters. The second-order valence-electron chi connectivity index (χ2n) is 7.71. The first-order chi connectivity index (χ1) is 13.3. The molecule has 1 aliphatic carbocycles. The minimum Gasteiger partial charge on any atom is -0.356 e. The van der Waals surface area contributed by atoms with Crippen LogP contribution in [0.15, 0.2) is 30.6 Å². The largest absolute Gasteiger partial charge is 0.356 e. The Labute approximate surface area is 163 Å². The summed E-state index contributed by atoms with van der Waals surface area (Å²) in [4.78, 5) is 35.1. The van der Waals surface area contributed by atoms with Gasteiger partial charge in [0.05, 0.1) is 17.3 Å². The lowest BCUT2D eigenvalue weighted by Crippen LogP contribution is -2.60. The SMILES string of the molecule is CC1(C)C(CNC(=O)CCNC(N)=O)CC1NC(=O)c1cnn2ccccc12. The summed E-state index contributed by atoms with van der Waals surface area (Å²) in [7, 11) is 0. The van der Waals surface area contributed by atoms with Crippen LogP contribution in [-0.2, 0) is 4.79 Å². The molecular formula is C19H26N6O3. The highest BCUT2D eigenvalue weighted by molar-refractivity contribution is 6.00. The van der Waals surface area contributed by atoms with Gasteiger partial charge in [0, 0.05) is 31.7 Å². The highest BCUT2D eigenvalue weighted by atomic mass is 16.2. The van der Waals surface area contributed by atoms with Gasteiger partial charge in [-0.15, -0.1) is 0 Å². The molecular weight excluding hydrogens is 360 g/mol. The Bertz CT molecular complexity index is 891. The molecule has 0 spiro atoms. The molecule has 1 saturated carbocycles. The number of nitrogens with one attached hydrogen (secondary N) is 3. The summed E-state index contributed by atoms with van der Waals surface area (Å²) in [5, 5.41) is 12.6. The molecule has 2 aromatic heterocycles. The van der Waals surface area contributed by atoms with Crippen molar-refractivity contribution in [1.82, 2.24) is 25.6 Å². The van der Waals surface area contributed by atoms with E-state index in [1.165, 1.54) is 0 Å². The smallest absolute Gasteiger partial charge is 0.312 e. The van der Waals surface area contributed by atoms with Crippen LogP contribution < -0.4 is 21.7 Å². The number of pyridine rings is 1. The summed E-state index contributed by atoms with van der Waals surface area (Å²) >= 11 is 0. The number of nitrogens with zero attached hydrogens (tertiary/aromatic N) is 2. The van der Waals surface area contributed by atoms with Gasteiger partial charge in [-0.1, -0.05) is 19.9 Å². The topological polar surface area (TPSA) is 131 Å². The molecule has 0 aliphatic heterocycles. The van der Waals surface area contributed by atoms with Gasteiger partial charge >= 0.3 is 6.03 Å². The van der Waals surface area contributed by atoms with Crippen LogP contribution in [0.5, 0.6) is 0 Å². The number of hydrogen-bond acceptors (Lipinski definition) is 4. The number of nitrogens with two attached hydrogens (primary N) is 1. The summed E-state index contributed by atoms with van der Waals surface area (Å²) < 4.78 is 1.67. The van der Waals surface area contributed by atoms with Crippen LogP contribution in [0.3, 0.4) is 0 Å². The molecule has 2 aromatic rings. The van der Waals surface area contributed by atoms with Gasteiger partial charge in [0.25, 0.3) is 5.91 Å². The van der Waals surface area contributed by atoms with Gasteiger partial charge < -0.3 is 21.7 Å². The van der Waals surface area contributed by atoms with Crippen molar-refractivity contribution in [2.24, 2.45) is 17.1 Å². The monoisotopic (exact) mass is 386 g/mol. The number of carbonyl (C=O) groups excluding carboxylic acids is 3. The second kappa shape index (κ2) is 7.87. The van der Waals surface area contributed by atoms with Crippen LogP contribution >= 0.6 is 0 Å². The van der Waals surface area contributed by atoms with Crippen molar-refractivity contribution in [1.29, 1.82) is 0 Å². The van der Waals surface area contributed by atoms with E-state index in [0.29, 0.717) is 12.1 Å². The quantitative estimate of drug-likeness (QED) is 0.556. The Balaban J connectivity index is 1.49. The third-order valence-electron chi connectivity index (χ3n) is 5.64. The highest BCUT2D eigenvalue weighted by Gasteiger charge is 2.48. The zero-order valence-electron chi connectivity index (χ0n) is 16.1. The van der Waals surface area contributed by atoms with Crippen molar-refractivity contribution >= 4 is 23.4 Å². The second-order valence-corrected chi connectivity index (χ2v) is 7.71. The Morgan fingerprint density at radius 1 is 1.29 bits per heavy atom. The van der Waals surface area contributed by atoms with Gasteiger partial charge in [0.2, 0.25) is 5.91 Å². The summed E-state index contributed by atoms with van der Waals surface area (Å²) in [5.74, 6) is -0.0163. The number of aromatic nitrogens is 2. The minimum absolute atomic E-state index is 0.0251. The van der Waals surface area contributed by atoms with E-state index in [0.717, 1.165) is 11.9 Å². The molecule has 9 nitrogen and oxygen atoms in total. The van der Waals surface area contributed by atoms with E-state index in [4.69, 9.17) is 5.73 Å². The molecule has 2 heterocycles. The van der Waals surface area contributed by atoms with Crippen molar-refractivity contribution in [3.8, 4) is 0 Å². The lowest BCUT2D eigenvalue weighted by Gasteiger charge is -2.52. The van der Waals surface area contributed by atoms with Crippen molar-refractivity contribution in [2.45, 2.75) is 32.7 Å². The number of primary amides is 1. The Hall–Kier alpha value is -3.10. The van der Waals surface area contributed by atoms with E-state index >= 15 is 0 Å². The Morgan fingerprint density at radius 3 is 2.79 bits per heavy atom. The van der Waals surface area contributed by atoms with Crippen LogP contribution in [0.1, 0.15) is 37.0 Å². The van der Waals surface area contributed by atoms with Crippen LogP contribution in [0.4, 0.5) is 4.79 Å². The number of amides is 4. The van der Waals surface area contributed by atoms with Gasteiger partial charge in [0.15, 0.2) is 0 Å². The number of rotatable bonds is 7. The molecule has 0 aromatic carbocycles. The molecule has 2 atom stereocenters. The molecule has 0 saturated heterocycles. The molecule has 1 aliphatic rings. The van der Waals surface area contributed by atoms with E-state index in [1.54, 1.807) is 16.9 Å². The zero-order valence-corrected chi connectivity index (χ0v) is 16.1. The molecule has 0 bridgehead atoms. The normalized spacial score (nSPS) is 20.2. The fourth-order valence-corrected chi connectivity index (χ4v) is 3.58. The highest BCUT2D eigenvalue weighted by Crippen LogP contribution is 2.45. The fraction of sp³-hybridized carbons (Fsp3) is 0.474. The van der Waals surface area contributed by atoms with Gasteiger partial charge in [0.1, 0.15) is 0 Å². The predicted octanol–water partition coefficient (Wildman–Crippen LogP) is 0.653. The Kier molecular flexibility index (Phi) is 5.53. The molecule has 9 heteroatoms. The van der Waals surface area contributed by atoms with Crippen molar-refractivity contribution in [2.75, 3.05) is 13.1 Å². The molecule has 3 rings (SSSR count). The zero-order chi connectivity index (χ0) is 20.3. The summed E-state index contributed by atoms with van der Waals surface area (Å²) in [6, 6.07) is 4.98. The van der Waals surface area contributed by atoms with Gasteiger partial charge in [-0.2, -0.15) is 5.10 Å². The summed E-state index contributed by atoms with van der Waals surface area (Å²) in [5.41, 5.74) is 6.14. The lowest BCUT2D eigenvalue weighted by molar-refractivity contribution is -0.121. The lowest BCUT2D eigenvalue weighted by atomic mass is 9.58. The van der Waals surface area contributed by atoms with Crippen LogP contribution in [-0.4, -0.2) is 46.6 Å². The number of carbonyl (C=O) groups is 3. The standard InChI is InChI=1S/C19H26N6O3/c1-19(2)12(10-22-16(26)6-7-21-18(20)28)9-15(19)24-17(27)13-11-23-25-8-4-3-5-14(13)25/h3-5,8,11-12,15H,6-7,9-10H2,1-2H3,(H,22,26)(H,24,27)(H3,20,21,28). The molecule has 0 radical (unpaired) electrons. The first-order valence-electron chi connectivity index (χ1n) is 9.32. The van der Waals surface area contributed by atoms with Crippen LogP contribution in [0, 0.1) is 11.3 Å².